The first-order valence-electron chi connectivity index (χ1n) is 7.82. The third-order valence-electron chi connectivity index (χ3n) is 3.92. The number of hydrogen-bond acceptors (Lipinski definition) is 4. The highest BCUT2D eigenvalue weighted by Gasteiger charge is 2.22. The molecule has 0 heterocycles. The van der Waals surface area contributed by atoms with E-state index in [4.69, 9.17) is 0 Å². The van der Waals surface area contributed by atoms with Gasteiger partial charge < -0.3 is 10.6 Å². The lowest BCUT2D eigenvalue weighted by atomic mass is 9.95. The van der Waals surface area contributed by atoms with Crippen LogP contribution in [0.3, 0.4) is 0 Å². The molecule has 0 aliphatic rings. The van der Waals surface area contributed by atoms with Crippen LogP contribution in [0, 0.1) is 16.0 Å². The van der Waals surface area contributed by atoms with Crippen LogP contribution >= 0.6 is 0 Å². The summed E-state index contributed by atoms with van der Waals surface area (Å²) in [5, 5.41) is 17.9. The third-order valence-corrected chi connectivity index (χ3v) is 3.92. The molecule has 0 aliphatic heterocycles. The summed E-state index contributed by atoms with van der Waals surface area (Å²) in [5.74, 6) is 0.511. The van der Waals surface area contributed by atoms with E-state index >= 15 is 0 Å². The minimum atomic E-state index is -0.306. The molecule has 0 saturated heterocycles. The SMILES string of the molecule is CCCNc1cccc(NC(C)C(CC)CC)c1[N+](=O)[O-]. The molecule has 0 bridgehead atoms. The molecule has 0 saturated carbocycles. The Morgan fingerprint density at radius 3 is 2.33 bits per heavy atom. The number of nitro groups is 1. The number of nitrogens with zero attached hydrogens (tertiary/aromatic N) is 1. The topological polar surface area (TPSA) is 67.2 Å². The zero-order valence-corrected chi connectivity index (χ0v) is 13.5. The van der Waals surface area contributed by atoms with Crippen molar-refractivity contribution in [2.24, 2.45) is 5.92 Å². The van der Waals surface area contributed by atoms with Crippen LogP contribution in [0.15, 0.2) is 18.2 Å². The number of anilines is 2. The summed E-state index contributed by atoms with van der Waals surface area (Å²) in [6.45, 7) is 9.16. The van der Waals surface area contributed by atoms with E-state index in [9.17, 15) is 10.1 Å². The predicted octanol–water partition coefficient (Wildman–Crippen LogP) is 4.65. The molecule has 118 valence electrons. The van der Waals surface area contributed by atoms with Crippen molar-refractivity contribution in [2.45, 2.75) is 53.0 Å². The van der Waals surface area contributed by atoms with Gasteiger partial charge in [-0.05, 0) is 31.4 Å². The van der Waals surface area contributed by atoms with Gasteiger partial charge in [-0.3, -0.25) is 10.1 Å². The second-order valence-electron chi connectivity index (χ2n) is 5.40. The van der Waals surface area contributed by atoms with E-state index in [-0.39, 0.29) is 16.7 Å². The number of nitrogens with one attached hydrogen (secondary N) is 2. The fourth-order valence-electron chi connectivity index (χ4n) is 2.62. The molecule has 1 unspecified atom stereocenters. The molecule has 0 aliphatic carbocycles. The minimum Gasteiger partial charge on any atom is -0.379 e. The van der Waals surface area contributed by atoms with Crippen molar-refractivity contribution in [3.63, 3.8) is 0 Å². The van der Waals surface area contributed by atoms with Crippen LogP contribution in [0.1, 0.15) is 47.0 Å². The number of rotatable bonds is 9. The molecule has 1 aromatic carbocycles. The molecule has 0 radical (unpaired) electrons. The molecule has 2 N–H and O–H groups in total. The van der Waals surface area contributed by atoms with Gasteiger partial charge in [0.1, 0.15) is 11.4 Å². The predicted molar refractivity (Wildman–Crippen MR) is 89.0 cm³/mol. The maximum absolute atomic E-state index is 11.4. The van der Waals surface area contributed by atoms with Crippen LogP contribution in [-0.2, 0) is 0 Å². The van der Waals surface area contributed by atoms with Crippen molar-refractivity contribution >= 4 is 17.1 Å². The van der Waals surface area contributed by atoms with E-state index < -0.39 is 0 Å². The van der Waals surface area contributed by atoms with E-state index in [1.807, 2.05) is 13.0 Å². The molecular formula is C16H27N3O2. The Hall–Kier alpha value is -1.78. The average Bonchev–Trinajstić information content (AvgIpc) is 2.46. The van der Waals surface area contributed by atoms with Gasteiger partial charge in [0.05, 0.1) is 4.92 Å². The zero-order chi connectivity index (χ0) is 15.8. The molecule has 5 heteroatoms. The molecule has 0 fully saturated rings. The van der Waals surface area contributed by atoms with Crippen molar-refractivity contribution in [3.8, 4) is 0 Å². The molecule has 0 aromatic heterocycles. The van der Waals surface area contributed by atoms with E-state index in [1.54, 1.807) is 12.1 Å². The van der Waals surface area contributed by atoms with Crippen LogP contribution in [0.5, 0.6) is 0 Å². The quantitative estimate of drug-likeness (QED) is 0.513. The largest absolute Gasteiger partial charge is 0.379 e. The first-order valence-corrected chi connectivity index (χ1v) is 7.82. The van der Waals surface area contributed by atoms with Crippen molar-refractivity contribution in [2.75, 3.05) is 17.2 Å². The van der Waals surface area contributed by atoms with Crippen molar-refractivity contribution in [1.29, 1.82) is 0 Å². The molecule has 1 aromatic rings. The van der Waals surface area contributed by atoms with E-state index in [1.165, 1.54) is 0 Å². The molecular weight excluding hydrogens is 266 g/mol. The van der Waals surface area contributed by atoms with Crippen LogP contribution in [0.2, 0.25) is 0 Å². The monoisotopic (exact) mass is 293 g/mol. The standard InChI is InChI=1S/C16H27N3O2/c1-5-11-17-14-9-8-10-15(16(14)19(20)21)18-12(4)13(6-2)7-3/h8-10,12-13,17-18H,5-7,11H2,1-4H3. The van der Waals surface area contributed by atoms with Crippen molar-refractivity contribution in [3.05, 3.63) is 28.3 Å². The summed E-state index contributed by atoms with van der Waals surface area (Å²) in [6.07, 6.45) is 3.05. The summed E-state index contributed by atoms with van der Waals surface area (Å²) in [7, 11) is 0. The maximum Gasteiger partial charge on any atom is 0.315 e. The second-order valence-corrected chi connectivity index (χ2v) is 5.40. The Kier molecular flexibility index (Phi) is 6.99. The molecule has 0 spiro atoms. The fraction of sp³-hybridized carbons (Fsp3) is 0.625. The molecule has 1 atom stereocenters. The number of nitro benzene ring substituents is 1. The molecule has 1 rings (SSSR count). The Morgan fingerprint density at radius 2 is 1.81 bits per heavy atom. The lowest BCUT2D eigenvalue weighted by molar-refractivity contribution is -0.383. The van der Waals surface area contributed by atoms with Gasteiger partial charge in [-0.25, -0.2) is 0 Å². The highest BCUT2D eigenvalue weighted by atomic mass is 16.6. The van der Waals surface area contributed by atoms with Crippen molar-refractivity contribution < 1.29 is 4.92 Å². The summed E-state index contributed by atoms with van der Waals surface area (Å²) in [5.41, 5.74) is 1.33. The minimum absolute atomic E-state index is 0.142. The zero-order valence-electron chi connectivity index (χ0n) is 13.5. The van der Waals surface area contributed by atoms with Crippen LogP contribution < -0.4 is 10.6 Å². The van der Waals surface area contributed by atoms with E-state index in [0.29, 0.717) is 17.3 Å². The molecule has 21 heavy (non-hydrogen) atoms. The second kappa shape index (κ2) is 8.49. The Bertz CT molecular complexity index is 459. The number of hydrogen-bond donors (Lipinski definition) is 2. The summed E-state index contributed by atoms with van der Waals surface area (Å²) < 4.78 is 0. The smallest absolute Gasteiger partial charge is 0.315 e. The average molecular weight is 293 g/mol. The van der Waals surface area contributed by atoms with Gasteiger partial charge in [0.25, 0.3) is 0 Å². The van der Waals surface area contributed by atoms with Gasteiger partial charge >= 0.3 is 5.69 Å². The molecule has 5 nitrogen and oxygen atoms in total. The van der Waals surface area contributed by atoms with Gasteiger partial charge in [-0.1, -0.05) is 39.7 Å². The Balaban J connectivity index is 3.03. The highest BCUT2D eigenvalue weighted by Crippen LogP contribution is 2.34. The number of para-hydroxylation sites is 1. The Morgan fingerprint density at radius 1 is 1.19 bits per heavy atom. The fourth-order valence-corrected chi connectivity index (χ4v) is 2.62. The maximum atomic E-state index is 11.4. The first kappa shape index (κ1) is 17.3. The third kappa shape index (κ3) is 4.62. The van der Waals surface area contributed by atoms with Gasteiger partial charge in [-0.2, -0.15) is 0 Å². The normalized spacial score (nSPS) is 12.2. The summed E-state index contributed by atoms with van der Waals surface area (Å²) >= 11 is 0. The summed E-state index contributed by atoms with van der Waals surface area (Å²) in [4.78, 5) is 11.1. The van der Waals surface area contributed by atoms with Crippen LogP contribution in [-0.4, -0.2) is 17.5 Å². The first-order chi connectivity index (χ1) is 10.0. The van der Waals surface area contributed by atoms with E-state index in [0.717, 1.165) is 25.8 Å². The lowest BCUT2D eigenvalue weighted by Gasteiger charge is -2.23. The molecule has 0 amide bonds. The van der Waals surface area contributed by atoms with Gasteiger partial charge in [0, 0.05) is 12.6 Å². The van der Waals surface area contributed by atoms with Crippen molar-refractivity contribution in [1.82, 2.24) is 0 Å². The lowest BCUT2D eigenvalue weighted by Crippen LogP contribution is -2.25. The van der Waals surface area contributed by atoms with Gasteiger partial charge in [0.2, 0.25) is 0 Å². The van der Waals surface area contributed by atoms with Crippen LogP contribution in [0.25, 0.3) is 0 Å². The highest BCUT2D eigenvalue weighted by molar-refractivity contribution is 5.76. The Labute approximate surface area is 127 Å². The van der Waals surface area contributed by atoms with E-state index in [2.05, 4.69) is 31.4 Å². The number of benzene rings is 1. The van der Waals surface area contributed by atoms with Gasteiger partial charge in [0.15, 0.2) is 0 Å². The van der Waals surface area contributed by atoms with Crippen LogP contribution in [0.4, 0.5) is 17.1 Å². The summed E-state index contributed by atoms with van der Waals surface area (Å²) in [6, 6.07) is 5.61. The van der Waals surface area contributed by atoms with Gasteiger partial charge in [-0.15, -0.1) is 0 Å².